The molecule has 2 aromatic heterocycles. The summed E-state index contributed by atoms with van der Waals surface area (Å²) in [5.74, 6) is -0.634. The molecular formula is C22H17ClFN3O2S2. The zero-order chi connectivity index (χ0) is 22.0. The number of rotatable bonds is 6. The van der Waals surface area contributed by atoms with Gasteiger partial charge in [-0.2, -0.15) is 0 Å². The van der Waals surface area contributed by atoms with Crippen LogP contribution in [-0.2, 0) is 17.9 Å². The van der Waals surface area contributed by atoms with E-state index in [1.807, 2.05) is 23.6 Å². The van der Waals surface area contributed by atoms with Crippen molar-refractivity contribution >= 4 is 45.3 Å². The molecule has 31 heavy (non-hydrogen) atoms. The van der Waals surface area contributed by atoms with Gasteiger partial charge in [0.2, 0.25) is 5.91 Å². The highest BCUT2D eigenvalue weighted by Gasteiger charge is 2.22. The van der Waals surface area contributed by atoms with Gasteiger partial charge in [-0.15, -0.1) is 11.3 Å². The van der Waals surface area contributed by atoms with Crippen LogP contribution < -0.4 is 9.77 Å². The molecule has 0 aliphatic carbocycles. The Labute approximate surface area is 191 Å². The molecule has 0 bridgehead atoms. The lowest BCUT2D eigenvalue weighted by molar-refractivity contribution is -0.119. The summed E-state index contributed by atoms with van der Waals surface area (Å²) in [7, 11) is 0. The molecule has 1 amide bonds. The number of aromatic nitrogens is 2. The topological polar surface area (TPSA) is 55.2 Å². The smallest absolute Gasteiger partial charge is 0.294 e. The molecule has 0 N–H and O–H groups in total. The molecule has 2 aromatic carbocycles. The number of nitrogens with zero attached hydrogens (tertiary/aromatic N) is 3. The Kier molecular flexibility index (Phi) is 6.31. The molecule has 158 valence electrons. The molecule has 0 saturated carbocycles. The highest BCUT2D eigenvalue weighted by Crippen LogP contribution is 2.32. The number of hydrogen-bond donors (Lipinski definition) is 0. The van der Waals surface area contributed by atoms with Crippen molar-refractivity contribution in [1.82, 2.24) is 9.55 Å². The quantitative estimate of drug-likeness (QED) is 0.378. The summed E-state index contributed by atoms with van der Waals surface area (Å²) in [6.45, 7) is 1.89. The summed E-state index contributed by atoms with van der Waals surface area (Å²) in [6, 6.07) is 13.3. The highest BCUT2D eigenvalue weighted by atomic mass is 35.5. The first-order chi connectivity index (χ1) is 14.9. The monoisotopic (exact) mass is 473 g/mol. The van der Waals surface area contributed by atoms with Crippen molar-refractivity contribution in [2.45, 2.75) is 20.0 Å². The van der Waals surface area contributed by atoms with Crippen LogP contribution >= 0.6 is 34.3 Å². The standard InChI is InChI=1S/C22H17ClFN3O2S2/c1-14-12-31-22(29)26(14)11-20(28)27(10-15-6-8-16(24)9-7-15)21-25-19(13-30-21)17-4-2-3-5-18(17)23/h2-9,12-13H,10-11H2,1H3. The Morgan fingerprint density at radius 1 is 1.13 bits per heavy atom. The zero-order valence-electron chi connectivity index (χ0n) is 16.4. The van der Waals surface area contributed by atoms with Crippen LogP contribution in [0.5, 0.6) is 0 Å². The molecule has 0 spiro atoms. The Morgan fingerprint density at radius 2 is 1.87 bits per heavy atom. The van der Waals surface area contributed by atoms with Gasteiger partial charge >= 0.3 is 4.87 Å². The van der Waals surface area contributed by atoms with Crippen LogP contribution in [0.15, 0.2) is 64.1 Å². The predicted octanol–water partition coefficient (Wildman–Crippen LogP) is 5.37. The van der Waals surface area contributed by atoms with Crippen molar-refractivity contribution < 1.29 is 9.18 Å². The maximum Gasteiger partial charge on any atom is 0.307 e. The number of anilines is 1. The summed E-state index contributed by atoms with van der Waals surface area (Å²) in [5.41, 5.74) is 2.90. The molecule has 2 heterocycles. The van der Waals surface area contributed by atoms with Crippen LogP contribution in [-0.4, -0.2) is 15.5 Å². The van der Waals surface area contributed by atoms with Crippen molar-refractivity contribution in [1.29, 1.82) is 0 Å². The number of aryl methyl sites for hydroxylation is 1. The Bertz CT molecular complexity index is 1280. The molecule has 0 aliphatic rings. The number of benzene rings is 2. The van der Waals surface area contributed by atoms with E-state index in [1.165, 1.54) is 32.9 Å². The maximum absolute atomic E-state index is 13.3. The number of amides is 1. The molecule has 0 fully saturated rings. The van der Waals surface area contributed by atoms with E-state index in [2.05, 4.69) is 4.98 Å². The molecule has 5 nitrogen and oxygen atoms in total. The average Bonchev–Trinajstić information content (AvgIpc) is 3.36. The zero-order valence-corrected chi connectivity index (χ0v) is 18.8. The van der Waals surface area contributed by atoms with Crippen LogP contribution in [0.4, 0.5) is 9.52 Å². The van der Waals surface area contributed by atoms with Crippen LogP contribution in [0.25, 0.3) is 11.3 Å². The second kappa shape index (κ2) is 9.13. The molecule has 0 unspecified atom stereocenters. The van der Waals surface area contributed by atoms with Crippen LogP contribution in [0.3, 0.4) is 0 Å². The second-order valence-corrected chi connectivity index (χ2v) is 8.90. The van der Waals surface area contributed by atoms with E-state index in [1.54, 1.807) is 30.5 Å². The SMILES string of the molecule is Cc1csc(=O)n1CC(=O)N(Cc1ccc(F)cc1)c1nc(-c2ccccc2Cl)cs1. The van der Waals surface area contributed by atoms with Gasteiger partial charge in [0.05, 0.1) is 12.2 Å². The summed E-state index contributed by atoms with van der Waals surface area (Å²) >= 11 is 8.66. The third kappa shape index (κ3) is 4.76. The molecular weight excluding hydrogens is 457 g/mol. The number of halogens is 2. The number of carbonyl (C=O) groups is 1. The van der Waals surface area contributed by atoms with Crippen molar-refractivity contribution in [3.05, 3.63) is 91.1 Å². The highest BCUT2D eigenvalue weighted by molar-refractivity contribution is 7.14. The van der Waals surface area contributed by atoms with E-state index in [-0.39, 0.29) is 29.7 Å². The molecule has 4 aromatic rings. The average molecular weight is 474 g/mol. The summed E-state index contributed by atoms with van der Waals surface area (Å²) in [4.78, 5) is 31.3. The van der Waals surface area contributed by atoms with Gasteiger partial charge in [0.25, 0.3) is 0 Å². The fourth-order valence-electron chi connectivity index (χ4n) is 3.03. The lowest BCUT2D eigenvalue weighted by Gasteiger charge is -2.20. The largest absolute Gasteiger partial charge is 0.307 e. The fourth-order valence-corrected chi connectivity index (χ4v) is 4.84. The first-order valence-electron chi connectivity index (χ1n) is 9.32. The lowest BCUT2D eigenvalue weighted by Crippen LogP contribution is -2.35. The summed E-state index contributed by atoms with van der Waals surface area (Å²) in [6.07, 6.45) is 0. The summed E-state index contributed by atoms with van der Waals surface area (Å²) in [5, 5.41) is 4.60. The molecule has 4 rings (SSSR count). The number of hydrogen-bond acceptors (Lipinski definition) is 5. The van der Waals surface area contributed by atoms with E-state index in [0.717, 1.165) is 28.2 Å². The van der Waals surface area contributed by atoms with Gasteiger partial charge in [-0.3, -0.25) is 19.1 Å². The van der Waals surface area contributed by atoms with Crippen LogP contribution in [0, 0.1) is 12.7 Å². The lowest BCUT2D eigenvalue weighted by atomic mass is 10.2. The van der Waals surface area contributed by atoms with Crippen molar-refractivity contribution in [2.24, 2.45) is 0 Å². The number of thiazole rings is 2. The van der Waals surface area contributed by atoms with E-state index >= 15 is 0 Å². The second-order valence-electron chi connectivity index (χ2n) is 6.83. The minimum absolute atomic E-state index is 0.101. The number of carbonyl (C=O) groups excluding carboxylic acids is 1. The molecule has 9 heteroatoms. The van der Waals surface area contributed by atoms with Crippen LogP contribution in [0.1, 0.15) is 11.3 Å². The minimum Gasteiger partial charge on any atom is -0.294 e. The Hall–Kier alpha value is -2.81. The van der Waals surface area contributed by atoms with Gasteiger partial charge in [0.15, 0.2) is 5.13 Å². The molecule has 0 atom stereocenters. The van der Waals surface area contributed by atoms with Gasteiger partial charge in [0.1, 0.15) is 12.4 Å². The normalized spacial score (nSPS) is 10.9. The fraction of sp³-hybridized carbons (Fsp3) is 0.136. The van der Waals surface area contributed by atoms with Gasteiger partial charge in [-0.05, 0) is 30.7 Å². The van der Waals surface area contributed by atoms with Gasteiger partial charge < -0.3 is 0 Å². The van der Waals surface area contributed by atoms with Crippen molar-refractivity contribution in [3.8, 4) is 11.3 Å². The molecule has 0 saturated heterocycles. The van der Waals surface area contributed by atoms with Gasteiger partial charge in [-0.25, -0.2) is 9.37 Å². The van der Waals surface area contributed by atoms with E-state index in [4.69, 9.17) is 11.6 Å². The van der Waals surface area contributed by atoms with Gasteiger partial charge in [-0.1, -0.05) is 53.3 Å². The van der Waals surface area contributed by atoms with E-state index in [0.29, 0.717) is 15.8 Å². The van der Waals surface area contributed by atoms with E-state index in [9.17, 15) is 14.0 Å². The minimum atomic E-state index is -0.350. The third-order valence-electron chi connectivity index (χ3n) is 4.70. The third-order valence-corrected chi connectivity index (χ3v) is 6.77. The van der Waals surface area contributed by atoms with E-state index < -0.39 is 0 Å². The Balaban J connectivity index is 1.68. The maximum atomic E-state index is 13.3. The first kappa shape index (κ1) is 21.4. The van der Waals surface area contributed by atoms with Crippen molar-refractivity contribution in [3.63, 3.8) is 0 Å². The Morgan fingerprint density at radius 3 is 2.55 bits per heavy atom. The predicted molar refractivity (Wildman–Crippen MR) is 123 cm³/mol. The molecule has 0 radical (unpaired) electrons. The summed E-state index contributed by atoms with van der Waals surface area (Å²) < 4.78 is 14.8. The molecule has 0 aliphatic heterocycles. The van der Waals surface area contributed by atoms with Crippen molar-refractivity contribution in [2.75, 3.05) is 4.90 Å². The first-order valence-corrected chi connectivity index (χ1v) is 11.5. The van der Waals surface area contributed by atoms with Crippen LogP contribution in [0.2, 0.25) is 5.02 Å². The van der Waals surface area contributed by atoms with Gasteiger partial charge in [0, 0.05) is 27.0 Å².